The largest absolute Gasteiger partial charge is 0.481 e. The molecule has 2 aromatic rings. The van der Waals surface area contributed by atoms with E-state index in [0.29, 0.717) is 12.8 Å². The van der Waals surface area contributed by atoms with E-state index < -0.39 is 17.4 Å². The number of likely N-dealkylation sites (tertiary alicyclic amines) is 1. The minimum Gasteiger partial charge on any atom is -0.481 e. The van der Waals surface area contributed by atoms with E-state index in [9.17, 15) is 14.7 Å². The van der Waals surface area contributed by atoms with E-state index >= 15 is 0 Å². The Morgan fingerprint density at radius 1 is 1.33 bits per heavy atom. The van der Waals surface area contributed by atoms with Gasteiger partial charge >= 0.3 is 5.97 Å². The molecule has 126 valence electrons. The van der Waals surface area contributed by atoms with E-state index in [1.807, 2.05) is 12.1 Å². The number of hydrogen-bond acceptors (Lipinski definition) is 4. The first-order valence-corrected chi connectivity index (χ1v) is 8.28. The highest BCUT2D eigenvalue weighted by atomic mass is 16.4. The molecule has 2 fully saturated rings. The van der Waals surface area contributed by atoms with Crippen molar-refractivity contribution in [2.24, 2.45) is 5.92 Å². The molecule has 6 heteroatoms. The number of rotatable bonds is 3. The maximum Gasteiger partial charge on any atom is 0.309 e. The van der Waals surface area contributed by atoms with Crippen LogP contribution in [0.1, 0.15) is 24.8 Å². The monoisotopic (exact) mass is 328 g/mol. The molecule has 1 aromatic heterocycles. The van der Waals surface area contributed by atoms with Crippen LogP contribution in [0.4, 0.5) is 0 Å². The van der Waals surface area contributed by atoms with Gasteiger partial charge in [0.1, 0.15) is 5.58 Å². The van der Waals surface area contributed by atoms with Gasteiger partial charge in [0.15, 0.2) is 0 Å². The summed E-state index contributed by atoms with van der Waals surface area (Å²) in [6, 6.07) is 8.12. The van der Waals surface area contributed by atoms with Gasteiger partial charge in [0.2, 0.25) is 5.91 Å². The van der Waals surface area contributed by atoms with Crippen LogP contribution in [0.15, 0.2) is 34.9 Å². The molecule has 24 heavy (non-hydrogen) atoms. The molecule has 2 aliphatic heterocycles. The number of carbonyl (C=O) groups is 2. The lowest BCUT2D eigenvalue weighted by molar-refractivity contribution is -0.144. The number of furan rings is 1. The van der Waals surface area contributed by atoms with Crippen molar-refractivity contribution in [3.8, 4) is 0 Å². The van der Waals surface area contributed by atoms with Crippen LogP contribution < -0.4 is 5.32 Å². The van der Waals surface area contributed by atoms with Crippen LogP contribution in [0.25, 0.3) is 11.0 Å². The highest BCUT2D eigenvalue weighted by molar-refractivity contribution is 5.88. The summed E-state index contributed by atoms with van der Waals surface area (Å²) in [4.78, 5) is 25.5. The normalized spacial score (nSPS) is 23.7. The van der Waals surface area contributed by atoms with Crippen molar-refractivity contribution in [2.45, 2.75) is 31.3 Å². The Bertz CT molecular complexity index is 789. The van der Waals surface area contributed by atoms with E-state index in [4.69, 9.17) is 4.42 Å². The van der Waals surface area contributed by atoms with Gasteiger partial charge in [0.25, 0.3) is 0 Å². The van der Waals surface area contributed by atoms with Gasteiger partial charge in [0, 0.05) is 31.4 Å². The van der Waals surface area contributed by atoms with E-state index in [1.54, 1.807) is 6.26 Å². The van der Waals surface area contributed by atoms with E-state index in [1.165, 1.54) is 5.56 Å². The van der Waals surface area contributed by atoms with E-state index in [2.05, 4.69) is 22.3 Å². The number of benzene rings is 1. The second kappa shape index (κ2) is 5.63. The molecule has 0 bridgehead atoms. The Labute approximate surface area is 139 Å². The van der Waals surface area contributed by atoms with Crippen molar-refractivity contribution in [3.05, 3.63) is 36.1 Å². The number of nitrogens with zero attached hydrogens (tertiary/aromatic N) is 1. The molecule has 1 atom stereocenters. The van der Waals surface area contributed by atoms with Crippen molar-refractivity contribution >= 4 is 22.8 Å². The molecule has 1 spiro atoms. The number of carboxylic acids is 1. The molecular formula is C18H20N2O4. The van der Waals surface area contributed by atoms with Gasteiger partial charge in [0.05, 0.1) is 17.7 Å². The lowest BCUT2D eigenvalue weighted by Crippen LogP contribution is -2.55. The van der Waals surface area contributed by atoms with Gasteiger partial charge in [-0.25, -0.2) is 0 Å². The molecular weight excluding hydrogens is 308 g/mol. The predicted molar refractivity (Wildman–Crippen MR) is 87.3 cm³/mol. The van der Waals surface area contributed by atoms with Crippen LogP contribution in [0.5, 0.6) is 0 Å². The van der Waals surface area contributed by atoms with Crippen LogP contribution in [-0.2, 0) is 16.1 Å². The Morgan fingerprint density at radius 2 is 2.12 bits per heavy atom. The summed E-state index contributed by atoms with van der Waals surface area (Å²) in [5.74, 6) is -1.61. The number of aliphatic carboxylic acids is 1. The van der Waals surface area contributed by atoms with Crippen LogP contribution >= 0.6 is 0 Å². The van der Waals surface area contributed by atoms with Gasteiger partial charge in [-0.15, -0.1) is 0 Å². The molecule has 2 N–H and O–H groups in total. The average molecular weight is 328 g/mol. The quantitative estimate of drug-likeness (QED) is 0.900. The van der Waals surface area contributed by atoms with Gasteiger partial charge in [-0.2, -0.15) is 0 Å². The topological polar surface area (TPSA) is 82.8 Å². The third-order valence-corrected chi connectivity index (χ3v) is 5.41. The van der Waals surface area contributed by atoms with Gasteiger partial charge in [-0.3, -0.25) is 14.5 Å². The Kier molecular flexibility index (Phi) is 3.57. The van der Waals surface area contributed by atoms with Crippen molar-refractivity contribution in [2.75, 3.05) is 13.1 Å². The molecule has 2 aliphatic rings. The maximum absolute atomic E-state index is 11.7. The summed E-state index contributed by atoms with van der Waals surface area (Å²) < 4.78 is 5.36. The minimum absolute atomic E-state index is 0.104. The summed E-state index contributed by atoms with van der Waals surface area (Å²) in [5.41, 5.74) is 1.54. The standard InChI is InChI=1S/C18H20N2O4/c21-16-10-14(17(22)23)18(19-16)4-6-20(7-5-18)11-12-1-2-15-13(9-12)3-8-24-15/h1-3,8-9,14H,4-7,10-11H2,(H,19,21)(H,22,23). The number of piperidine rings is 1. The van der Waals surface area contributed by atoms with Crippen molar-refractivity contribution in [1.82, 2.24) is 10.2 Å². The van der Waals surface area contributed by atoms with Crippen molar-refractivity contribution in [3.63, 3.8) is 0 Å². The average Bonchev–Trinajstić information content (AvgIpc) is 3.14. The number of hydrogen-bond donors (Lipinski definition) is 2. The number of carbonyl (C=O) groups excluding carboxylic acids is 1. The van der Waals surface area contributed by atoms with Crippen molar-refractivity contribution in [1.29, 1.82) is 0 Å². The molecule has 0 radical (unpaired) electrons. The van der Waals surface area contributed by atoms with E-state index in [-0.39, 0.29) is 12.3 Å². The number of fused-ring (bicyclic) bond motifs is 1. The number of carboxylic acid groups (broad SMARTS) is 1. The highest BCUT2D eigenvalue weighted by Crippen LogP contribution is 2.37. The van der Waals surface area contributed by atoms with Crippen LogP contribution in [0.3, 0.4) is 0 Å². The Hall–Kier alpha value is -2.34. The molecule has 1 amide bonds. The van der Waals surface area contributed by atoms with Gasteiger partial charge in [-0.1, -0.05) is 6.07 Å². The fourth-order valence-electron chi connectivity index (χ4n) is 4.08. The molecule has 1 aromatic carbocycles. The molecule has 4 rings (SSSR count). The smallest absolute Gasteiger partial charge is 0.309 e. The lowest BCUT2D eigenvalue weighted by Gasteiger charge is -2.41. The van der Waals surface area contributed by atoms with E-state index in [0.717, 1.165) is 30.6 Å². The molecule has 2 saturated heterocycles. The third kappa shape index (κ3) is 2.57. The zero-order valence-corrected chi connectivity index (χ0v) is 13.3. The van der Waals surface area contributed by atoms with Crippen LogP contribution in [-0.4, -0.2) is 40.5 Å². The Balaban J connectivity index is 1.44. The fraction of sp³-hybridized carbons (Fsp3) is 0.444. The second-order valence-corrected chi connectivity index (χ2v) is 6.87. The molecule has 0 saturated carbocycles. The summed E-state index contributed by atoms with van der Waals surface area (Å²) >= 11 is 0. The zero-order chi connectivity index (χ0) is 16.7. The first kappa shape index (κ1) is 15.2. The van der Waals surface area contributed by atoms with Gasteiger partial charge < -0.3 is 14.8 Å². The zero-order valence-electron chi connectivity index (χ0n) is 13.3. The molecule has 6 nitrogen and oxygen atoms in total. The van der Waals surface area contributed by atoms with Crippen LogP contribution in [0, 0.1) is 5.92 Å². The summed E-state index contributed by atoms with van der Waals surface area (Å²) in [6.45, 7) is 2.39. The first-order chi connectivity index (χ1) is 11.6. The third-order valence-electron chi connectivity index (χ3n) is 5.41. The van der Waals surface area contributed by atoms with Crippen molar-refractivity contribution < 1.29 is 19.1 Å². The molecule has 3 heterocycles. The molecule has 0 aliphatic carbocycles. The Morgan fingerprint density at radius 3 is 2.88 bits per heavy atom. The summed E-state index contributed by atoms with van der Waals surface area (Å²) in [7, 11) is 0. The number of nitrogens with one attached hydrogen (secondary N) is 1. The summed E-state index contributed by atoms with van der Waals surface area (Å²) in [5, 5.41) is 13.5. The number of amides is 1. The first-order valence-electron chi connectivity index (χ1n) is 8.28. The van der Waals surface area contributed by atoms with Gasteiger partial charge in [-0.05, 0) is 36.6 Å². The predicted octanol–water partition coefficient (Wildman–Crippen LogP) is 1.99. The summed E-state index contributed by atoms with van der Waals surface area (Å²) in [6.07, 6.45) is 3.16. The second-order valence-electron chi connectivity index (χ2n) is 6.87. The molecule has 1 unspecified atom stereocenters. The maximum atomic E-state index is 11.7. The SMILES string of the molecule is O=C1CC(C(=O)O)C2(CCN(Cc3ccc4occc4c3)CC2)N1. The highest BCUT2D eigenvalue weighted by Gasteiger charge is 2.51. The fourth-order valence-corrected chi connectivity index (χ4v) is 4.08. The lowest BCUT2D eigenvalue weighted by atomic mass is 9.77. The van der Waals surface area contributed by atoms with Crippen LogP contribution in [0.2, 0.25) is 0 Å². The minimum atomic E-state index is -0.868.